The van der Waals surface area contributed by atoms with Crippen LogP contribution in [-0.4, -0.2) is 74.6 Å². The Kier molecular flexibility index (Phi) is 8.76. The summed E-state index contributed by atoms with van der Waals surface area (Å²) in [6.07, 6.45) is 4.76. The van der Waals surface area contributed by atoms with Crippen molar-refractivity contribution in [2.75, 3.05) is 50.8 Å². The molecular formula is C33H37N5O5. The third kappa shape index (κ3) is 6.45. The molecule has 2 unspecified atom stereocenters. The van der Waals surface area contributed by atoms with Crippen LogP contribution in [0, 0.1) is 11.8 Å². The number of carbonyl (C=O) groups is 1. The van der Waals surface area contributed by atoms with E-state index in [2.05, 4.69) is 49.9 Å². The Morgan fingerprint density at radius 1 is 1.14 bits per heavy atom. The summed E-state index contributed by atoms with van der Waals surface area (Å²) in [4.78, 5) is 36.4. The van der Waals surface area contributed by atoms with Gasteiger partial charge in [-0.3, -0.25) is 14.8 Å². The van der Waals surface area contributed by atoms with Crippen LogP contribution in [0.3, 0.4) is 0 Å². The third-order valence-electron chi connectivity index (χ3n) is 8.67. The highest BCUT2D eigenvalue weighted by molar-refractivity contribution is 5.96. The van der Waals surface area contributed by atoms with Gasteiger partial charge in [0.1, 0.15) is 6.61 Å². The minimum atomic E-state index is -0.794. The molecule has 0 radical (unpaired) electrons. The van der Waals surface area contributed by atoms with Crippen LogP contribution in [0.1, 0.15) is 58.5 Å². The number of amides is 1. The van der Waals surface area contributed by atoms with Crippen LogP contribution in [0.5, 0.6) is 11.5 Å². The van der Waals surface area contributed by atoms with E-state index >= 15 is 0 Å². The molecule has 2 fully saturated rings. The van der Waals surface area contributed by atoms with Crippen LogP contribution in [-0.2, 0) is 4.74 Å². The number of fused-ring (bicyclic) bond motifs is 1. The monoisotopic (exact) mass is 583 g/mol. The summed E-state index contributed by atoms with van der Waals surface area (Å²) < 4.78 is 18.4. The van der Waals surface area contributed by atoms with E-state index in [-0.39, 0.29) is 17.8 Å². The molecule has 10 nitrogen and oxygen atoms in total. The highest BCUT2D eigenvalue weighted by Gasteiger charge is 2.31. The molecule has 224 valence electrons. The normalized spacial score (nSPS) is 20.2. The zero-order valence-corrected chi connectivity index (χ0v) is 24.5. The van der Waals surface area contributed by atoms with Crippen LogP contribution in [0.2, 0.25) is 0 Å². The Hall–Kier alpha value is -4.15. The first kappa shape index (κ1) is 28.9. The molecule has 0 spiro atoms. The number of hydrogen-bond donors (Lipinski definition) is 0. The summed E-state index contributed by atoms with van der Waals surface area (Å²) in [5, 5.41) is 2.60. The second-order valence-electron chi connectivity index (χ2n) is 11.5. The Labute approximate surface area is 251 Å². The third-order valence-corrected chi connectivity index (χ3v) is 8.67. The van der Waals surface area contributed by atoms with Gasteiger partial charge in [0.2, 0.25) is 0 Å². The number of nitroso groups, excluding NO2 is 1. The number of hydrogen-bond acceptors (Lipinski definition) is 9. The van der Waals surface area contributed by atoms with E-state index in [4.69, 9.17) is 14.2 Å². The number of piperidine rings is 1. The molecule has 0 saturated carbocycles. The lowest BCUT2D eigenvalue weighted by molar-refractivity contribution is -0.0446. The minimum Gasteiger partial charge on any atom is -0.485 e. The first-order valence-electron chi connectivity index (χ1n) is 14.9. The maximum atomic E-state index is 12.0. The van der Waals surface area contributed by atoms with Gasteiger partial charge in [0.15, 0.2) is 17.6 Å². The molecular weight excluding hydrogens is 546 g/mol. The molecule has 10 heteroatoms. The molecule has 43 heavy (non-hydrogen) atoms. The van der Waals surface area contributed by atoms with E-state index < -0.39 is 5.91 Å². The molecule has 3 aromatic rings. The number of likely N-dealkylation sites (tertiary alicyclic amines) is 1. The zero-order chi connectivity index (χ0) is 29.8. The van der Waals surface area contributed by atoms with Crippen LogP contribution in [0.15, 0.2) is 64.9 Å². The van der Waals surface area contributed by atoms with Crippen molar-refractivity contribution in [2.24, 2.45) is 10.2 Å². The number of aryl methyl sites for hydroxylation is 1. The van der Waals surface area contributed by atoms with Gasteiger partial charge in [-0.05, 0) is 87.8 Å². The van der Waals surface area contributed by atoms with Gasteiger partial charge >= 0.3 is 5.91 Å². The SMILES string of the molecule is C=Nc1ccc(C(=O)N=O)cc1N(CCN1CCC(c2cccc3c2OC(c2ccc(C)cn2)CO3)CC1)CC1CCO1. The predicted octanol–water partition coefficient (Wildman–Crippen LogP) is 5.62. The topological polar surface area (TPSA) is 106 Å². The Morgan fingerprint density at radius 3 is 2.67 bits per heavy atom. The first-order valence-corrected chi connectivity index (χ1v) is 14.9. The fourth-order valence-electron chi connectivity index (χ4n) is 6.06. The van der Waals surface area contributed by atoms with Crippen LogP contribution in [0.25, 0.3) is 0 Å². The average Bonchev–Trinajstić information content (AvgIpc) is 3.03. The summed E-state index contributed by atoms with van der Waals surface area (Å²) in [7, 11) is 0. The largest absolute Gasteiger partial charge is 0.485 e. The second kappa shape index (κ2) is 13.0. The van der Waals surface area contributed by atoms with Crippen LogP contribution < -0.4 is 14.4 Å². The van der Waals surface area contributed by atoms with E-state index in [1.807, 2.05) is 25.3 Å². The smallest absolute Gasteiger partial charge is 0.316 e. The van der Waals surface area contributed by atoms with Crippen LogP contribution >= 0.6 is 0 Å². The van der Waals surface area contributed by atoms with Crippen LogP contribution in [0.4, 0.5) is 11.4 Å². The highest BCUT2D eigenvalue weighted by Crippen LogP contribution is 2.44. The van der Waals surface area contributed by atoms with Gasteiger partial charge in [0, 0.05) is 48.7 Å². The van der Waals surface area contributed by atoms with Crippen molar-refractivity contribution >= 4 is 24.0 Å². The lowest BCUT2D eigenvalue weighted by Gasteiger charge is -2.38. The fourth-order valence-corrected chi connectivity index (χ4v) is 6.06. The summed E-state index contributed by atoms with van der Waals surface area (Å²) in [5.74, 6) is 1.22. The molecule has 1 amide bonds. The molecule has 3 aliphatic heterocycles. The van der Waals surface area contributed by atoms with Crippen molar-refractivity contribution in [1.82, 2.24) is 9.88 Å². The van der Waals surface area contributed by atoms with Crippen molar-refractivity contribution in [3.05, 3.63) is 82.0 Å². The Morgan fingerprint density at radius 2 is 1.98 bits per heavy atom. The first-order chi connectivity index (χ1) is 21.0. The quantitative estimate of drug-likeness (QED) is 0.224. The van der Waals surface area contributed by atoms with Gasteiger partial charge in [0.25, 0.3) is 0 Å². The van der Waals surface area contributed by atoms with E-state index in [0.29, 0.717) is 24.8 Å². The second-order valence-corrected chi connectivity index (χ2v) is 11.5. The van der Waals surface area contributed by atoms with Crippen molar-refractivity contribution < 1.29 is 19.0 Å². The number of para-hydroxylation sites is 1. The maximum Gasteiger partial charge on any atom is 0.316 e. The molecule has 6 rings (SSSR count). The Bertz CT molecular complexity index is 1470. The highest BCUT2D eigenvalue weighted by atomic mass is 16.6. The molecule has 2 aromatic carbocycles. The van der Waals surface area contributed by atoms with E-state index in [9.17, 15) is 9.70 Å². The van der Waals surface area contributed by atoms with E-state index in [0.717, 1.165) is 80.5 Å². The number of aliphatic imine (C=N–C) groups is 1. The zero-order valence-electron chi connectivity index (χ0n) is 24.5. The van der Waals surface area contributed by atoms with Gasteiger partial charge in [-0.1, -0.05) is 18.2 Å². The molecule has 3 aliphatic rings. The summed E-state index contributed by atoms with van der Waals surface area (Å²) in [6, 6.07) is 15.2. The van der Waals surface area contributed by atoms with Gasteiger partial charge < -0.3 is 24.0 Å². The van der Waals surface area contributed by atoms with Crippen molar-refractivity contribution in [1.29, 1.82) is 0 Å². The number of anilines is 1. The molecule has 1 aromatic heterocycles. The average molecular weight is 584 g/mol. The number of aromatic nitrogens is 1. The molecule has 0 N–H and O–H groups in total. The standard InChI is InChI=1S/C33H37N5O5/c1-22-6-8-28(35-19-22)31-21-42-30-5-3-4-26(32(30)43-31)23-10-13-37(14-11-23)15-16-38(20-25-12-17-41-25)29-18-24(33(39)36-40)7-9-27(29)34-2/h3-9,18-19,23,25,31H,2,10-17,20-21H2,1H3. The molecule has 0 aliphatic carbocycles. The van der Waals surface area contributed by atoms with Crippen molar-refractivity contribution in [3.63, 3.8) is 0 Å². The van der Waals surface area contributed by atoms with Crippen molar-refractivity contribution in [3.8, 4) is 11.5 Å². The van der Waals surface area contributed by atoms with Gasteiger partial charge in [0.05, 0.1) is 23.2 Å². The Balaban J connectivity index is 1.11. The van der Waals surface area contributed by atoms with Gasteiger partial charge in [-0.25, -0.2) is 0 Å². The number of ether oxygens (including phenoxy) is 3. The van der Waals surface area contributed by atoms with Gasteiger partial charge in [-0.2, -0.15) is 0 Å². The molecule has 4 heterocycles. The number of pyridine rings is 1. The molecule has 0 bridgehead atoms. The van der Waals surface area contributed by atoms with E-state index in [1.54, 1.807) is 18.2 Å². The van der Waals surface area contributed by atoms with Crippen molar-refractivity contribution in [2.45, 2.75) is 44.3 Å². The number of nitrogens with zero attached hydrogens (tertiary/aromatic N) is 5. The number of benzene rings is 2. The molecule has 2 saturated heterocycles. The lowest BCUT2D eigenvalue weighted by Crippen LogP contribution is -2.44. The minimum absolute atomic E-state index is 0.123. The lowest BCUT2D eigenvalue weighted by atomic mass is 9.88. The summed E-state index contributed by atoms with van der Waals surface area (Å²) >= 11 is 0. The summed E-state index contributed by atoms with van der Waals surface area (Å²) in [6.45, 7) is 11.1. The molecule has 2 atom stereocenters. The van der Waals surface area contributed by atoms with Gasteiger partial charge in [-0.15, -0.1) is 4.91 Å². The fraction of sp³-hybridized carbons (Fsp3) is 0.424. The summed E-state index contributed by atoms with van der Waals surface area (Å²) in [5.41, 5.74) is 4.87. The van der Waals surface area contributed by atoms with E-state index in [1.165, 1.54) is 5.56 Å². The predicted molar refractivity (Wildman–Crippen MR) is 165 cm³/mol. The number of carbonyl (C=O) groups excluding carboxylic acids is 1. The number of rotatable bonds is 10. The maximum absolute atomic E-state index is 12.0.